The Morgan fingerprint density at radius 3 is 2.72 bits per heavy atom. The Morgan fingerprint density at radius 1 is 1.16 bits per heavy atom. The zero-order valence-corrected chi connectivity index (χ0v) is 18.4. The summed E-state index contributed by atoms with van der Waals surface area (Å²) < 4.78 is 5.33. The van der Waals surface area contributed by atoms with Crippen molar-refractivity contribution in [3.63, 3.8) is 0 Å². The van der Waals surface area contributed by atoms with Gasteiger partial charge >= 0.3 is 6.03 Å². The number of hydrogen-bond donors (Lipinski definition) is 2. The van der Waals surface area contributed by atoms with Crippen LogP contribution in [0.1, 0.15) is 30.6 Å². The van der Waals surface area contributed by atoms with Gasteiger partial charge in [-0.25, -0.2) is 4.79 Å². The molecule has 4 rings (SSSR count). The second kappa shape index (κ2) is 9.89. The maximum Gasteiger partial charge on any atom is 0.319 e. The van der Waals surface area contributed by atoms with Crippen LogP contribution in [-0.4, -0.2) is 53.8 Å². The Labute approximate surface area is 187 Å². The zero-order valence-electron chi connectivity index (χ0n) is 18.4. The van der Waals surface area contributed by atoms with E-state index in [1.807, 2.05) is 42.2 Å². The van der Waals surface area contributed by atoms with Gasteiger partial charge in [-0.1, -0.05) is 17.7 Å². The Balaban J connectivity index is 1.24. The van der Waals surface area contributed by atoms with E-state index >= 15 is 0 Å². The van der Waals surface area contributed by atoms with E-state index in [0.29, 0.717) is 32.7 Å². The van der Waals surface area contributed by atoms with E-state index in [-0.39, 0.29) is 36.1 Å². The second-order valence-electron chi connectivity index (χ2n) is 8.75. The molecule has 0 bridgehead atoms. The average molecular weight is 439 g/mol. The number of urea groups is 1. The molecule has 2 aliphatic rings. The van der Waals surface area contributed by atoms with Gasteiger partial charge in [0.25, 0.3) is 0 Å². The van der Waals surface area contributed by atoms with Crippen molar-refractivity contribution in [1.82, 2.24) is 15.1 Å². The number of benzene rings is 1. The van der Waals surface area contributed by atoms with Crippen LogP contribution in [0, 0.1) is 18.8 Å². The van der Waals surface area contributed by atoms with Crippen molar-refractivity contribution in [1.29, 1.82) is 0 Å². The molecule has 8 nitrogen and oxygen atoms in total. The standard InChI is InChI=1S/C24H30N4O4/c1-17-6-8-20(9-7-17)26-24(31)25-13-18-4-2-10-27(14-18)23(30)19-12-22(29)28(15-19)16-21-5-3-11-32-21/h3,5-9,11,18-19H,2,4,10,12-16H2,1H3,(H2,25,26,31)/t18-,19+/m0/s1. The van der Waals surface area contributed by atoms with Crippen molar-refractivity contribution >= 4 is 23.5 Å². The molecule has 0 aliphatic carbocycles. The molecule has 4 amide bonds. The third-order valence-electron chi connectivity index (χ3n) is 6.18. The van der Waals surface area contributed by atoms with Crippen molar-refractivity contribution < 1.29 is 18.8 Å². The minimum Gasteiger partial charge on any atom is -0.467 e. The third-order valence-corrected chi connectivity index (χ3v) is 6.18. The number of aryl methyl sites for hydroxylation is 1. The number of nitrogens with one attached hydrogen (secondary N) is 2. The van der Waals surface area contributed by atoms with Crippen LogP contribution in [0.15, 0.2) is 47.1 Å². The van der Waals surface area contributed by atoms with Gasteiger partial charge < -0.3 is 24.9 Å². The SMILES string of the molecule is Cc1ccc(NC(=O)NC[C@@H]2CCCN(C(=O)[C@@H]3CC(=O)N(Cc4ccco4)C3)C2)cc1. The summed E-state index contributed by atoms with van der Waals surface area (Å²) in [5, 5.41) is 5.76. The fraction of sp³-hybridized carbons (Fsp3) is 0.458. The summed E-state index contributed by atoms with van der Waals surface area (Å²) in [6.07, 6.45) is 3.69. The first-order valence-corrected chi connectivity index (χ1v) is 11.2. The largest absolute Gasteiger partial charge is 0.467 e. The van der Waals surface area contributed by atoms with E-state index in [9.17, 15) is 14.4 Å². The first-order chi connectivity index (χ1) is 15.5. The van der Waals surface area contributed by atoms with Crippen LogP contribution in [-0.2, 0) is 16.1 Å². The first kappa shape index (κ1) is 21.9. The maximum absolute atomic E-state index is 13.1. The summed E-state index contributed by atoms with van der Waals surface area (Å²) in [5.41, 5.74) is 1.88. The molecule has 2 saturated heterocycles. The molecule has 1 aromatic heterocycles. The van der Waals surface area contributed by atoms with E-state index in [1.54, 1.807) is 17.2 Å². The number of piperidine rings is 1. The predicted octanol–water partition coefficient (Wildman–Crippen LogP) is 3.00. The molecule has 0 saturated carbocycles. The molecule has 2 aliphatic heterocycles. The van der Waals surface area contributed by atoms with Gasteiger partial charge in [0, 0.05) is 38.3 Å². The third kappa shape index (κ3) is 5.49. The number of carbonyl (C=O) groups is 3. The fourth-order valence-electron chi connectivity index (χ4n) is 4.42. The monoisotopic (exact) mass is 438 g/mol. The lowest BCUT2D eigenvalue weighted by Gasteiger charge is -2.34. The van der Waals surface area contributed by atoms with Crippen LogP contribution in [0.4, 0.5) is 10.5 Å². The summed E-state index contributed by atoms with van der Waals surface area (Å²) in [5.74, 6) is 0.637. The summed E-state index contributed by atoms with van der Waals surface area (Å²) >= 11 is 0. The van der Waals surface area contributed by atoms with E-state index in [2.05, 4.69) is 10.6 Å². The average Bonchev–Trinajstić information content (AvgIpc) is 3.44. The lowest BCUT2D eigenvalue weighted by Crippen LogP contribution is -2.46. The highest BCUT2D eigenvalue weighted by atomic mass is 16.3. The minimum atomic E-state index is -0.311. The molecule has 0 radical (unpaired) electrons. The van der Waals surface area contributed by atoms with Crippen LogP contribution >= 0.6 is 0 Å². The highest BCUT2D eigenvalue weighted by molar-refractivity contribution is 5.90. The Bertz CT molecular complexity index is 941. The molecule has 2 N–H and O–H groups in total. The first-order valence-electron chi connectivity index (χ1n) is 11.2. The highest BCUT2D eigenvalue weighted by Gasteiger charge is 2.38. The molecule has 1 aromatic carbocycles. The lowest BCUT2D eigenvalue weighted by molar-refractivity contribution is -0.137. The van der Waals surface area contributed by atoms with Crippen molar-refractivity contribution in [3.8, 4) is 0 Å². The molecule has 32 heavy (non-hydrogen) atoms. The molecule has 0 unspecified atom stereocenters. The number of rotatable bonds is 6. The molecule has 2 atom stereocenters. The second-order valence-corrected chi connectivity index (χ2v) is 8.75. The van der Waals surface area contributed by atoms with Gasteiger partial charge in [0.2, 0.25) is 11.8 Å². The molecule has 170 valence electrons. The summed E-state index contributed by atoms with van der Waals surface area (Å²) in [4.78, 5) is 41.2. The van der Waals surface area contributed by atoms with Gasteiger partial charge in [-0.2, -0.15) is 0 Å². The van der Waals surface area contributed by atoms with Crippen molar-refractivity contribution in [2.45, 2.75) is 32.7 Å². The van der Waals surface area contributed by atoms with E-state index < -0.39 is 0 Å². The van der Waals surface area contributed by atoms with Gasteiger partial charge in [-0.05, 0) is 49.9 Å². The Hall–Kier alpha value is -3.29. The number of likely N-dealkylation sites (tertiary alicyclic amines) is 2. The summed E-state index contributed by atoms with van der Waals surface area (Å²) in [6, 6.07) is 11.0. The predicted molar refractivity (Wildman–Crippen MR) is 120 cm³/mol. The quantitative estimate of drug-likeness (QED) is 0.725. The van der Waals surface area contributed by atoms with E-state index in [0.717, 1.165) is 29.9 Å². The molecule has 2 aromatic rings. The van der Waals surface area contributed by atoms with Gasteiger partial charge in [-0.15, -0.1) is 0 Å². The lowest BCUT2D eigenvalue weighted by atomic mass is 9.96. The molecule has 8 heteroatoms. The molecule has 2 fully saturated rings. The van der Waals surface area contributed by atoms with Crippen LogP contribution in [0.25, 0.3) is 0 Å². The minimum absolute atomic E-state index is 0.0113. The van der Waals surface area contributed by atoms with Gasteiger partial charge in [0.05, 0.1) is 18.7 Å². The van der Waals surface area contributed by atoms with Crippen molar-refractivity contribution in [2.24, 2.45) is 11.8 Å². The molecule has 3 heterocycles. The molecular formula is C24H30N4O4. The summed E-state index contributed by atoms with van der Waals surface area (Å²) in [6.45, 7) is 4.64. The number of anilines is 1. The topological polar surface area (TPSA) is 94.9 Å². The normalized spacial score (nSPS) is 21.0. The molecular weight excluding hydrogens is 408 g/mol. The highest BCUT2D eigenvalue weighted by Crippen LogP contribution is 2.25. The smallest absolute Gasteiger partial charge is 0.319 e. The number of furan rings is 1. The van der Waals surface area contributed by atoms with Crippen LogP contribution in [0.2, 0.25) is 0 Å². The van der Waals surface area contributed by atoms with Crippen molar-refractivity contribution in [3.05, 3.63) is 54.0 Å². The van der Waals surface area contributed by atoms with E-state index in [4.69, 9.17) is 4.42 Å². The Morgan fingerprint density at radius 2 is 1.97 bits per heavy atom. The number of hydrogen-bond acceptors (Lipinski definition) is 4. The van der Waals surface area contributed by atoms with Crippen LogP contribution in [0.5, 0.6) is 0 Å². The summed E-state index contributed by atoms with van der Waals surface area (Å²) in [7, 11) is 0. The Kier molecular flexibility index (Phi) is 6.78. The van der Waals surface area contributed by atoms with Crippen LogP contribution in [0.3, 0.4) is 0 Å². The molecule has 0 spiro atoms. The number of carbonyl (C=O) groups excluding carboxylic acids is 3. The van der Waals surface area contributed by atoms with Gasteiger partial charge in [-0.3, -0.25) is 9.59 Å². The fourth-order valence-corrected chi connectivity index (χ4v) is 4.42. The van der Waals surface area contributed by atoms with Gasteiger partial charge in [0.15, 0.2) is 0 Å². The van der Waals surface area contributed by atoms with Crippen LogP contribution < -0.4 is 10.6 Å². The number of nitrogens with zero attached hydrogens (tertiary/aromatic N) is 2. The number of amides is 4. The van der Waals surface area contributed by atoms with Gasteiger partial charge in [0.1, 0.15) is 5.76 Å². The zero-order chi connectivity index (χ0) is 22.5. The maximum atomic E-state index is 13.1. The van der Waals surface area contributed by atoms with Crippen molar-refractivity contribution in [2.75, 3.05) is 31.5 Å². The van der Waals surface area contributed by atoms with E-state index in [1.165, 1.54) is 0 Å².